The fourth-order valence-electron chi connectivity index (χ4n) is 1.67. The molecule has 2 rings (SSSR count). The van der Waals surface area contributed by atoms with Crippen molar-refractivity contribution in [2.75, 3.05) is 12.4 Å². The summed E-state index contributed by atoms with van der Waals surface area (Å²) in [5.74, 6) is 0.459. The summed E-state index contributed by atoms with van der Waals surface area (Å²) in [6, 6.07) is 12.4. The van der Waals surface area contributed by atoms with Crippen molar-refractivity contribution in [2.24, 2.45) is 0 Å². The summed E-state index contributed by atoms with van der Waals surface area (Å²) in [5, 5.41) is 3.45. The third-order valence-corrected chi connectivity index (χ3v) is 3.38. The summed E-state index contributed by atoms with van der Waals surface area (Å²) in [6.07, 6.45) is 3.11. The van der Waals surface area contributed by atoms with Crippen LogP contribution in [0.4, 0.5) is 5.69 Å². The fourth-order valence-corrected chi connectivity index (χ4v) is 2.16. The number of methoxy groups -OCH3 is 1. The van der Waals surface area contributed by atoms with Gasteiger partial charge in [0.2, 0.25) is 5.91 Å². The minimum absolute atomic E-state index is 0.305. The molecule has 2 aromatic rings. The molecule has 0 aromatic heterocycles. The zero-order valence-electron chi connectivity index (χ0n) is 11.3. The van der Waals surface area contributed by atoms with Crippen molar-refractivity contribution in [2.45, 2.75) is 0 Å². The van der Waals surface area contributed by atoms with E-state index in [4.69, 9.17) is 27.9 Å². The molecule has 2 aromatic carbocycles. The van der Waals surface area contributed by atoms with Crippen LogP contribution in [0.25, 0.3) is 6.08 Å². The summed E-state index contributed by atoms with van der Waals surface area (Å²) >= 11 is 12.0. The number of rotatable bonds is 4. The Morgan fingerprint density at radius 3 is 2.29 bits per heavy atom. The normalized spacial score (nSPS) is 10.6. The minimum atomic E-state index is -0.305. The molecule has 3 nitrogen and oxygen atoms in total. The lowest BCUT2D eigenvalue weighted by Gasteiger charge is -2.06. The Kier molecular flexibility index (Phi) is 5.26. The van der Waals surface area contributed by atoms with E-state index in [9.17, 15) is 4.79 Å². The second kappa shape index (κ2) is 7.16. The fraction of sp³-hybridized carbons (Fsp3) is 0.0625. The van der Waals surface area contributed by atoms with Gasteiger partial charge in [0.05, 0.1) is 22.8 Å². The molecule has 0 saturated carbocycles. The first-order chi connectivity index (χ1) is 10.1. The van der Waals surface area contributed by atoms with Crippen LogP contribution in [0.5, 0.6) is 5.75 Å². The number of benzene rings is 2. The highest BCUT2D eigenvalue weighted by Crippen LogP contribution is 2.29. The Hall–Kier alpha value is -1.97. The quantitative estimate of drug-likeness (QED) is 0.832. The lowest BCUT2D eigenvalue weighted by atomic mass is 10.2. The lowest BCUT2D eigenvalue weighted by molar-refractivity contribution is -0.111. The SMILES string of the molecule is COc1ccc(C=CC(=O)Nc2c(Cl)cccc2Cl)cc1. The maximum absolute atomic E-state index is 11.9. The minimum Gasteiger partial charge on any atom is -0.497 e. The molecule has 5 heteroatoms. The Labute approximate surface area is 133 Å². The first kappa shape index (κ1) is 15.4. The van der Waals surface area contributed by atoms with E-state index in [1.807, 2.05) is 24.3 Å². The summed E-state index contributed by atoms with van der Waals surface area (Å²) < 4.78 is 5.07. The molecule has 0 unspecified atom stereocenters. The van der Waals surface area contributed by atoms with E-state index in [0.29, 0.717) is 15.7 Å². The van der Waals surface area contributed by atoms with Crippen LogP contribution in [0, 0.1) is 0 Å². The smallest absolute Gasteiger partial charge is 0.248 e. The first-order valence-corrected chi connectivity index (χ1v) is 6.93. The number of para-hydroxylation sites is 1. The number of ether oxygens (including phenoxy) is 1. The average Bonchev–Trinajstić information content (AvgIpc) is 2.49. The van der Waals surface area contributed by atoms with E-state index in [1.54, 1.807) is 31.4 Å². The molecule has 21 heavy (non-hydrogen) atoms. The van der Waals surface area contributed by atoms with Crippen LogP contribution >= 0.6 is 23.2 Å². The number of hydrogen-bond acceptors (Lipinski definition) is 2. The zero-order valence-corrected chi connectivity index (χ0v) is 12.8. The first-order valence-electron chi connectivity index (χ1n) is 6.17. The molecule has 108 valence electrons. The van der Waals surface area contributed by atoms with Crippen molar-refractivity contribution in [1.29, 1.82) is 0 Å². The Morgan fingerprint density at radius 2 is 1.71 bits per heavy atom. The Morgan fingerprint density at radius 1 is 1.10 bits per heavy atom. The summed E-state index contributed by atoms with van der Waals surface area (Å²) in [6.45, 7) is 0. The number of halogens is 2. The second-order valence-electron chi connectivity index (χ2n) is 4.19. The largest absolute Gasteiger partial charge is 0.497 e. The third-order valence-electron chi connectivity index (χ3n) is 2.75. The van der Waals surface area contributed by atoms with Gasteiger partial charge in [0, 0.05) is 6.08 Å². The second-order valence-corrected chi connectivity index (χ2v) is 5.01. The standard InChI is InChI=1S/C16H13Cl2NO2/c1-21-12-8-5-11(6-9-12)7-10-15(20)19-16-13(17)3-2-4-14(16)18/h2-10H,1H3,(H,19,20). The van der Waals surface area contributed by atoms with E-state index in [2.05, 4.69) is 5.32 Å². The van der Waals surface area contributed by atoms with Crippen LogP contribution in [0.3, 0.4) is 0 Å². The van der Waals surface area contributed by atoms with Gasteiger partial charge < -0.3 is 10.1 Å². The molecule has 0 aliphatic carbocycles. The molecule has 0 atom stereocenters. The number of anilines is 1. The summed E-state index contributed by atoms with van der Waals surface area (Å²) in [5.41, 5.74) is 1.29. The van der Waals surface area contributed by atoms with Gasteiger partial charge in [-0.05, 0) is 35.9 Å². The van der Waals surface area contributed by atoms with Crippen LogP contribution in [0.1, 0.15) is 5.56 Å². The molecule has 0 aliphatic heterocycles. The third kappa shape index (κ3) is 4.25. The van der Waals surface area contributed by atoms with E-state index in [0.717, 1.165) is 11.3 Å². The van der Waals surface area contributed by atoms with Crippen molar-refractivity contribution < 1.29 is 9.53 Å². The monoisotopic (exact) mass is 321 g/mol. The molecule has 0 saturated heterocycles. The highest BCUT2D eigenvalue weighted by molar-refractivity contribution is 6.39. The Bertz CT molecular complexity index is 646. The van der Waals surface area contributed by atoms with Crippen LogP contribution < -0.4 is 10.1 Å². The molecular formula is C16H13Cl2NO2. The van der Waals surface area contributed by atoms with Crippen molar-refractivity contribution in [1.82, 2.24) is 0 Å². The summed E-state index contributed by atoms with van der Waals surface area (Å²) in [7, 11) is 1.60. The number of carbonyl (C=O) groups excluding carboxylic acids is 1. The molecule has 0 heterocycles. The van der Waals surface area contributed by atoms with Gasteiger partial charge in [0.25, 0.3) is 0 Å². The number of carbonyl (C=O) groups is 1. The van der Waals surface area contributed by atoms with Crippen molar-refractivity contribution in [3.63, 3.8) is 0 Å². The molecule has 0 fully saturated rings. The topological polar surface area (TPSA) is 38.3 Å². The maximum Gasteiger partial charge on any atom is 0.248 e. The van der Waals surface area contributed by atoms with Gasteiger partial charge in [0.15, 0.2) is 0 Å². The molecule has 0 spiro atoms. The highest BCUT2D eigenvalue weighted by Gasteiger charge is 2.07. The predicted molar refractivity (Wildman–Crippen MR) is 87.1 cm³/mol. The molecule has 0 radical (unpaired) electrons. The van der Waals surface area contributed by atoms with Crippen molar-refractivity contribution >= 4 is 40.9 Å². The molecular weight excluding hydrogens is 309 g/mol. The zero-order chi connectivity index (χ0) is 15.2. The van der Waals surface area contributed by atoms with Crippen LogP contribution in [0.2, 0.25) is 10.0 Å². The predicted octanol–water partition coefficient (Wildman–Crippen LogP) is 4.65. The molecule has 1 N–H and O–H groups in total. The average molecular weight is 322 g/mol. The summed E-state index contributed by atoms with van der Waals surface area (Å²) in [4.78, 5) is 11.9. The maximum atomic E-state index is 11.9. The molecule has 0 bridgehead atoms. The number of amides is 1. The van der Waals surface area contributed by atoms with Gasteiger partial charge in [-0.3, -0.25) is 4.79 Å². The number of nitrogens with one attached hydrogen (secondary N) is 1. The van der Waals surface area contributed by atoms with Gasteiger partial charge in [0.1, 0.15) is 5.75 Å². The van der Waals surface area contributed by atoms with Crippen LogP contribution in [-0.2, 0) is 4.79 Å². The van der Waals surface area contributed by atoms with Crippen LogP contribution in [-0.4, -0.2) is 13.0 Å². The van der Waals surface area contributed by atoms with Gasteiger partial charge in [-0.15, -0.1) is 0 Å². The Balaban J connectivity index is 2.05. The van der Waals surface area contributed by atoms with Gasteiger partial charge in [-0.25, -0.2) is 0 Å². The van der Waals surface area contributed by atoms with E-state index in [1.165, 1.54) is 6.08 Å². The van der Waals surface area contributed by atoms with Gasteiger partial charge >= 0.3 is 0 Å². The van der Waals surface area contributed by atoms with Crippen molar-refractivity contribution in [3.05, 3.63) is 64.1 Å². The molecule has 0 aliphatic rings. The van der Waals surface area contributed by atoms with E-state index < -0.39 is 0 Å². The molecule has 1 amide bonds. The number of hydrogen-bond donors (Lipinski definition) is 1. The van der Waals surface area contributed by atoms with Crippen molar-refractivity contribution in [3.8, 4) is 5.75 Å². The van der Waals surface area contributed by atoms with E-state index in [-0.39, 0.29) is 5.91 Å². The highest BCUT2D eigenvalue weighted by atomic mass is 35.5. The van der Waals surface area contributed by atoms with Crippen LogP contribution in [0.15, 0.2) is 48.5 Å². The lowest BCUT2D eigenvalue weighted by Crippen LogP contribution is -2.08. The van der Waals surface area contributed by atoms with E-state index >= 15 is 0 Å². The van der Waals surface area contributed by atoms with Gasteiger partial charge in [-0.1, -0.05) is 41.4 Å². The van der Waals surface area contributed by atoms with Gasteiger partial charge in [-0.2, -0.15) is 0 Å².